The normalized spacial score (nSPS) is 14.8. The zero-order chi connectivity index (χ0) is 22.6. The van der Waals surface area contributed by atoms with Crippen molar-refractivity contribution in [3.8, 4) is 0 Å². The summed E-state index contributed by atoms with van der Waals surface area (Å²) >= 11 is 14.7. The number of carbonyl (C=O) groups excluding carboxylic acids is 1. The Kier molecular flexibility index (Phi) is 22.7. The second-order valence-corrected chi connectivity index (χ2v) is 12.9. The van der Waals surface area contributed by atoms with E-state index < -0.39 is 0 Å². The Morgan fingerprint density at radius 2 is 1.00 bits per heavy atom. The highest BCUT2D eigenvalue weighted by Crippen LogP contribution is 2.28. The molecule has 3 atom stereocenters. The van der Waals surface area contributed by atoms with Gasteiger partial charge in [0.15, 0.2) is 5.12 Å². The molecule has 1 nitrogen and oxygen atoms in total. The van der Waals surface area contributed by atoms with Crippen molar-refractivity contribution in [3.05, 3.63) is 0 Å². The average Bonchev–Trinajstić information content (AvgIpc) is 2.69. The van der Waals surface area contributed by atoms with Crippen LogP contribution < -0.4 is 0 Å². The summed E-state index contributed by atoms with van der Waals surface area (Å²) in [5, 5.41) is 0.421. The highest BCUT2D eigenvalue weighted by Gasteiger charge is 2.21. The summed E-state index contributed by atoms with van der Waals surface area (Å²) in [5.74, 6) is 0.873. The largest absolute Gasteiger partial charge is 0.287 e. The third kappa shape index (κ3) is 20.9. The van der Waals surface area contributed by atoms with Crippen LogP contribution >= 0.6 is 49.6 Å². The minimum absolute atomic E-state index is 0.0326. The van der Waals surface area contributed by atoms with Gasteiger partial charge >= 0.3 is 0 Å². The maximum absolute atomic E-state index is 12.0. The van der Waals surface area contributed by atoms with Crippen LogP contribution in [0.25, 0.3) is 0 Å². The van der Waals surface area contributed by atoms with Crippen LogP contribution in [-0.4, -0.2) is 20.2 Å². The fraction of sp³-hybridized carbons (Fsp3) is 0.960. The molecule has 0 aromatic heterocycles. The van der Waals surface area contributed by atoms with Gasteiger partial charge in [0.25, 0.3) is 0 Å². The zero-order valence-electron chi connectivity index (χ0n) is 20.0. The van der Waals surface area contributed by atoms with Crippen LogP contribution in [0.3, 0.4) is 0 Å². The Bertz CT molecular complexity index is 387. The van der Waals surface area contributed by atoms with Gasteiger partial charge in [0.05, 0.1) is 4.58 Å². The van der Waals surface area contributed by atoms with Crippen molar-refractivity contribution >= 4 is 54.8 Å². The summed E-state index contributed by atoms with van der Waals surface area (Å²) < 4.78 is -0.0666. The molecule has 0 N–H and O–H groups in total. The molecule has 0 saturated carbocycles. The van der Waals surface area contributed by atoms with Crippen LogP contribution in [0.2, 0.25) is 0 Å². The van der Waals surface area contributed by atoms with Gasteiger partial charge in [-0.25, -0.2) is 0 Å². The van der Waals surface area contributed by atoms with Gasteiger partial charge in [-0.15, -0.1) is 0 Å². The predicted octanol–water partition coefficient (Wildman–Crippen LogP) is 9.41. The highest BCUT2D eigenvalue weighted by atomic mass is 32.2. The molecular weight excluding hydrogens is 445 g/mol. The van der Waals surface area contributed by atoms with Crippen molar-refractivity contribution in [1.29, 1.82) is 0 Å². The maximum Gasteiger partial charge on any atom is 0.190 e. The molecule has 0 saturated heterocycles. The van der Waals surface area contributed by atoms with E-state index in [0.717, 1.165) is 12.3 Å². The third-order valence-corrected chi connectivity index (χ3v) is 9.08. The lowest BCUT2D eigenvalue weighted by Gasteiger charge is -2.19. The predicted molar refractivity (Wildman–Crippen MR) is 150 cm³/mol. The fourth-order valence-corrected chi connectivity index (χ4v) is 5.75. The zero-order valence-corrected chi connectivity index (χ0v) is 23.5. The smallest absolute Gasteiger partial charge is 0.190 e. The van der Waals surface area contributed by atoms with Gasteiger partial charge in [-0.3, -0.25) is 4.79 Å². The first-order valence-corrected chi connectivity index (χ1v) is 15.0. The highest BCUT2D eigenvalue weighted by molar-refractivity contribution is 8.21. The van der Waals surface area contributed by atoms with E-state index in [-0.39, 0.29) is 20.2 Å². The molecule has 0 fully saturated rings. The van der Waals surface area contributed by atoms with E-state index >= 15 is 0 Å². The van der Waals surface area contributed by atoms with Gasteiger partial charge in [0, 0.05) is 16.9 Å². The van der Waals surface area contributed by atoms with Crippen LogP contribution in [0.1, 0.15) is 130 Å². The van der Waals surface area contributed by atoms with Crippen molar-refractivity contribution in [1.82, 2.24) is 0 Å². The number of hydrogen-bond donors (Lipinski definition) is 3. The maximum atomic E-state index is 12.0. The van der Waals surface area contributed by atoms with Gasteiger partial charge in [0.2, 0.25) is 0 Å². The number of carbonyl (C=O) groups is 1. The first-order valence-electron chi connectivity index (χ1n) is 12.6. The van der Waals surface area contributed by atoms with E-state index in [2.05, 4.69) is 51.7 Å². The second kappa shape index (κ2) is 21.9. The van der Waals surface area contributed by atoms with Crippen LogP contribution in [0, 0.1) is 5.92 Å². The van der Waals surface area contributed by atoms with Crippen LogP contribution in [-0.2, 0) is 4.79 Å². The summed E-state index contributed by atoms with van der Waals surface area (Å²) in [5.41, 5.74) is 0. The van der Waals surface area contributed by atoms with Gasteiger partial charge in [-0.2, -0.15) is 37.9 Å². The average molecular weight is 495 g/mol. The van der Waals surface area contributed by atoms with Gasteiger partial charge < -0.3 is 0 Å². The molecule has 0 aromatic carbocycles. The molecule has 0 aliphatic rings. The minimum atomic E-state index is -0.0666. The molecule has 0 rings (SSSR count). The topological polar surface area (TPSA) is 17.1 Å². The Labute approximate surface area is 209 Å². The molecule has 0 aliphatic carbocycles. The standard InChI is InChI=1S/C25H50OS4/c1-21(2)19-17-15-13-11-9-7-5-4-6-8-10-12-14-16-18-20-23(26)30-25(29)24(28)22(3)27/h21-22,24-25,27-29H,4-20H2,1-3H3/t22-,24?,25?/m0/s1. The molecule has 0 aliphatic heterocycles. The second-order valence-electron chi connectivity index (χ2n) is 9.35. The number of thioether (sulfide) groups is 1. The number of thiol groups is 3. The summed E-state index contributed by atoms with van der Waals surface area (Å²) in [7, 11) is 0. The summed E-state index contributed by atoms with van der Waals surface area (Å²) in [6.45, 7) is 6.64. The van der Waals surface area contributed by atoms with Crippen molar-refractivity contribution in [2.45, 2.75) is 145 Å². The van der Waals surface area contributed by atoms with Crippen LogP contribution in [0.15, 0.2) is 0 Å². The van der Waals surface area contributed by atoms with Gasteiger partial charge in [-0.1, -0.05) is 129 Å². The molecule has 0 radical (unpaired) electrons. The molecule has 0 bridgehead atoms. The van der Waals surface area contributed by atoms with Crippen molar-refractivity contribution in [2.75, 3.05) is 0 Å². The van der Waals surface area contributed by atoms with E-state index in [0.29, 0.717) is 6.42 Å². The fourth-order valence-electron chi connectivity index (χ4n) is 3.62. The lowest BCUT2D eigenvalue weighted by atomic mass is 10.0. The molecule has 0 amide bonds. The molecule has 0 heterocycles. The Morgan fingerprint density at radius 1 is 0.633 bits per heavy atom. The molecule has 180 valence electrons. The Morgan fingerprint density at radius 3 is 1.37 bits per heavy atom. The number of unbranched alkanes of at least 4 members (excludes halogenated alkanes) is 14. The summed E-state index contributed by atoms with van der Waals surface area (Å²) in [6, 6.07) is 0. The van der Waals surface area contributed by atoms with Gasteiger partial charge in [0.1, 0.15) is 0 Å². The van der Waals surface area contributed by atoms with E-state index in [9.17, 15) is 4.79 Å². The number of hydrogen-bond acceptors (Lipinski definition) is 5. The first kappa shape index (κ1) is 31.1. The Balaban J connectivity index is 3.27. The van der Waals surface area contributed by atoms with Gasteiger partial charge in [-0.05, 0) is 12.3 Å². The lowest BCUT2D eigenvalue weighted by Crippen LogP contribution is -2.22. The first-order chi connectivity index (χ1) is 14.3. The van der Waals surface area contributed by atoms with E-state index in [4.69, 9.17) is 0 Å². The molecule has 2 unspecified atom stereocenters. The molecule has 0 aromatic rings. The minimum Gasteiger partial charge on any atom is -0.287 e. The Hall–Kier alpha value is 1.07. The van der Waals surface area contributed by atoms with E-state index in [1.54, 1.807) is 0 Å². The van der Waals surface area contributed by atoms with Crippen LogP contribution in [0.5, 0.6) is 0 Å². The quantitative estimate of drug-likeness (QED) is 0.0837. The van der Waals surface area contributed by atoms with E-state index in [1.165, 1.54) is 108 Å². The summed E-state index contributed by atoms with van der Waals surface area (Å²) in [6.07, 6.45) is 22.5. The SMILES string of the molecule is CC(C)CCCCCCCCCCCCCCCCCC(=O)SC(S)C(S)[C@H](C)S. The van der Waals surface area contributed by atoms with Crippen LogP contribution in [0.4, 0.5) is 0 Å². The van der Waals surface area contributed by atoms with Crippen molar-refractivity contribution in [3.63, 3.8) is 0 Å². The monoisotopic (exact) mass is 494 g/mol. The summed E-state index contributed by atoms with van der Waals surface area (Å²) in [4.78, 5) is 12.0. The van der Waals surface area contributed by atoms with E-state index in [1.807, 2.05) is 6.92 Å². The van der Waals surface area contributed by atoms with Crippen molar-refractivity contribution < 1.29 is 4.79 Å². The lowest BCUT2D eigenvalue weighted by molar-refractivity contribution is -0.111. The third-order valence-electron chi connectivity index (χ3n) is 5.70. The molecular formula is C25H50OS4. The van der Waals surface area contributed by atoms with Crippen molar-refractivity contribution in [2.24, 2.45) is 5.92 Å². The molecule has 0 spiro atoms. The molecule has 30 heavy (non-hydrogen) atoms. The molecule has 5 heteroatoms. The number of rotatable bonds is 21.